The number of rotatable bonds is 11. The molecule has 1 amide bonds. The molecule has 8 heteroatoms. The van der Waals surface area contributed by atoms with Crippen LogP contribution in [0.5, 0.6) is 0 Å². The third-order valence-corrected chi connectivity index (χ3v) is 7.76. The van der Waals surface area contributed by atoms with Gasteiger partial charge in [-0.15, -0.1) is 0 Å². The monoisotopic (exact) mass is 543 g/mol. The van der Waals surface area contributed by atoms with Crippen molar-refractivity contribution in [1.82, 2.24) is 5.32 Å². The van der Waals surface area contributed by atoms with Crippen LogP contribution < -0.4 is 5.32 Å². The first kappa shape index (κ1) is 30.6. The third-order valence-electron chi connectivity index (χ3n) is 7.76. The zero-order valence-electron chi connectivity index (χ0n) is 24.0. The van der Waals surface area contributed by atoms with Crippen LogP contribution in [-0.4, -0.2) is 42.1 Å². The summed E-state index contributed by atoms with van der Waals surface area (Å²) in [5, 5.41) is 3.23. The van der Waals surface area contributed by atoms with Gasteiger partial charge in [0.05, 0.1) is 30.3 Å². The van der Waals surface area contributed by atoms with Crippen LogP contribution >= 0.6 is 0 Å². The van der Waals surface area contributed by atoms with E-state index in [4.69, 9.17) is 14.2 Å². The molecule has 0 saturated heterocycles. The number of carbonyl (C=O) groups is 4. The number of esters is 3. The fourth-order valence-corrected chi connectivity index (χ4v) is 5.74. The fourth-order valence-electron chi connectivity index (χ4n) is 5.74. The van der Waals surface area contributed by atoms with E-state index in [0.29, 0.717) is 45.1 Å². The van der Waals surface area contributed by atoms with Gasteiger partial charge in [-0.05, 0) is 78.2 Å². The summed E-state index contributed by atoms with van der Waals surface area (Å²) in [6, 6.07) is 9.36. The maximum atomic E-state index is 13.7. The predicted molar refractivity (Wildman–Crippen MR) is 146 cm³/mol. The van der Waals surface area contributed by atoms with E-state index < -0.39 is 28.9 Å². The Bertz CT molecular complexity index is 970. The number of benzene rings is 1. The van der Waals surface area contributed by atoms with Crippen molar-refractivity contribution in [3.05, 3.63) is 35.9 Å². The Morgan fingerprint density at radius 3 is 2.21 bits per heavy atom. The molecule has 2 aliphatic rings. The number of amides is 1. The molecule has 8 nitrogen and oxygen atoms in total. The molecule has 2 aliphatic carbocycles. The van der Waals surface area contributed by atoms with Gasteiger partial charge in [-0.25, -0.2) is 0 Å². The summed E-state index contributed by atoms with van der Waals surface area (Å²) in [7, 11) is 0. The Morgan fingerprint density at radius 1 is 0.974 bits per heavy atom. The van der Waals surface area contributed by atoms with Crippen molar-refractivity contribution >= 4 is 23.8 Å². The molecule has 39 heavy (non-hydrogen) atoms. The molecule has 3 rings (SSSR count). The maximum absolute atomic E-state index is 13.7. The Balaban J connectivity index is 1.66. The van der Waals surface area contributed by atoms with Gasteiger partial charge in [0.2, 0.25) is 5.91 Å². The van der Waals surface area contributed by atoms with Gasteiger partial charge in [0.15, 0.2) is 0 Å². The van der Waals surface area contributed by atoms with E-state index in [1.807, 2.05) is 30.3 Å². The van der Waals surface area contributed by atoms with E-state index in [-0.39, 0.29) is 43.3 Å². The lowest BCUT2D eigenvalue weighted by atomic mass is 9.75. The SMILES string of the molecule is CCOC(=O)C1CCC(NC(=O)C2(CC(CC(=O)OCc3ccccc3)C(=O)OC(C)(C)C)CCCC2)CC1. The molecule has 216 valence electrons. The second-order valence-electron chi connectivity index (χ2n) is 12.0. The summed E-state index contributed by atoms with van der Waals surface area (Å²) in [5.41, 5.74) is -0.588. The summed E-state index contributed by atoms with van der Waals surface area (Å²) in [5.74, 6) is -2.08. The molecule has 0 bridgehead atoms. The first-order valence-electron chi connectivity index (χ1n) is 14.4. The Kier molecular flexibility index (Phi) is 11.0. The van der Waals surface area contributed by atoms with Crippen molar-refractivity contribution in [1.29, 1.82) is 0 Å². The zero-order chi connectivity index (χ0) is 28.5. The predicted octanol–water partition coefficient (Wildman–Crippen LogP) is 5.27. The average Bonchev–Trinajstić information content (AvgIpc) is 3.37. The van der Waals surface area contributed by atoms with Crippen LogP contribution in [0.25, 0.3) is 0 Å². The normalized spacial score (nSPS) is 21.4. The van der Waals surface area contributed by atoms with E-state index >= 15 is 0 Å². The zero-order valence-corrected chi connectivity index (χ0v) is 24.0. The lowest BCUT2D eigenvalue weighted by Crippen LogP contribution is -2.47. The minimum Gasteiger partial charge on any atom is -0.466 e. The minimum atomic E-state index is -0.782. The van der Waals surface area contributed by atoms with Gasteiger partial charge >= 0.3 is 17.9 Å². The van der Waals surface area contributed by atoms with Gasteiger partial charge in [0, 0.05) is 6.04 Å². The van der Waals surface area contributed by atoms with Crippen LogP contribution in [0.1, 0.15) is 97.5 Å². The van der Waals surface area contributed by atoms with E-state index in [0.717, 1.165) is 18.4 Å². The van der Waals surface area contributed by atoms with Crippen molar-refractivity contribution in [2.45, 2.75) is 110 Å². The minimum absolute atomic E-state index is 0.0172. The lowest BCUT2D eigenvalue weighted by Gasteiger charge is -2.35. The van der Waals surface area contributed by atoms with Crippen LogP contribution in [0.2, 0.25) is 0 Å². The van der Waals surface area contributed by atoms with Crippen molar-refractivity contribution in [2.75, 3.05) is 6.61 Å². The van der Waals surface area contributed by atoms with Gasteiger partial charge < -0.3 is 19.5 Å². The molecule has 1 N–H and O–H groups in total. The van der Waals surface area contributed by atoms with Crippen molar-refractivity contribution in [3.63, 3.8) is 0 Å². The Labute approximate surface area is 232 Å². The highest BCUT2D eigenvalue weighted by Gasteiger charge is 2.46. The maximum Gasteiger partial charge on any atom is 0.310 e. The molecule has 0 radical (unpaired) electrons. The smallest absolute Gasteiger partial charge is 0.310 e. The summed E-state index contributed by atoms with van der Waals surface area (Å²) in [4.78, 5) is 51.9. The van der Waals surface area contributed by atoms with Gasteiger partial charge in [-0.3, -0.25) is 19.2 Å². The van der Waals surface area contributed by atoms with E-state index in [9.17, 15) is 19.2 Å². The molecule has 1 aromatic rings. The van der Waals surface area contributed by atoms with Crippen LogP contribution in [-0.2, 0) is 40.0 Å². The Hall–Kier alpha value is -2.90. The van der Waals surface area contributed by atoms with Crippen LogP contribution in [0.15, 0.2) is 30.3 Å². The standard InChI is InChI=1S/C31H45NO7/c1-5-37-27(34)23-13-15-25(16-14-23)32-29(36)31(17-9-10-18-31)20-24(28(35)39-30(2,3)4)19-26(33)38-21-22-11-7-6-8-12-22/h6-8,11-12,23-25H,5,9-10,13-21H2,1-4H3,(H,32,36). The highest BCUT2D eigenvalue weighted by molar-refractivity contribution is 5.85. The number of hydrogen-bond acceptors (Lipinski definition) is 7. The van der Waals surface area contributed by atoms with Crippen molar-refractivity contribution < 1.29 is 33.4 Å². The van der Waals surface area contributed by atoms with Crippen LogP contribution in [0, 0.1) is 17.3 Å². The molecule has 1 atom stereocenters. The summed E-state index contributed by atoms with van der Waals surface area (Å²) in [6.07, 6.45) is 6.01. The fraction of sp³-hybridized carbons (Fsp3) is 0.677. The molecule has 0 heterocycles. The van der Waals surface area contributed by atoms with E-state index in [1.54, 1.807) is 27.7 Å². The number of carbonyl (C=O) groups excluding carboxylic acids is 4. The van der Waals surface area contributed by atoms with Gasteiger partial charge in [-0.2, -0.15) is 0 Å². The third kappa shape index (κ3) is 9.36. The van der Waals surface area contributed by atoms with Gasteiger partial charge in [-0.1, -0.05) is 43.2 Å². The lowest BCUT2D eigenvalue weighted by molar-refractivity contribution is -0.166. The van der Waals surface area contributed by atoms with E-state index in [2.05, 4.69) is 5.32 Å². The molecular weight excluding hydrogens is 498 g/mol. The molecule has 1 aromatic carbocycles. The average molecular weight is 544 g/mol. The molecule has 2 saturated carbocycles. The molecule has 0 aliphatic heterocycles. The molecule has 0 spiro atoms. The van der Waals surface area contributed by atoms with E-state index in [1.165, 1.54) is 0 Å². The van der Waals surface area contributed by atoms with Gasteiger partial charge in [0.25, 0.3) is 0 Å². The summed E-state index contributed by atoms with van der Waals surface area (Å²) in [6.45, 7) is 7.68. The van der Waals surface area contributed by atoms with Crippen LogP contribution in [0.3, 0.4) is 0 Å². The quantitative estimate of drug-likeness (QED) is 0.299. The topological polar surface area (TPSA) is 108 Å². The number of hydrogen-bond donors (Lipinski definition) is 1. The van der Waals surface area contributed by atoms with Crippen molar-refractivity contribution in [2.24, 2.45) is 17.3 Å². The highest BCUT2D eigenvalue weighted by Crippen LogP contribution is 2.45. The number of ether oxygens (including phenoxy) is 3. The Morgan fingerprint density at radius 2 is 1.62 bits per heavy atom. The van der Waals surface area contributed by atoms with Crippen molar-refractivity contribution in [3.8, 4) is 0 Å². The van der Waals surface area contributed by atoms with Gasteiger partial charge in [0.1, 0.15) is 12.2 Å². The summed E-state index contributed by atoms with van der Waals surface area (Å²) < 4.78 is 16.3. The second kappa shape index (κ2) is 13.9. The second-order valence-corrected chi connectivity index (χ2v) is 12.0. The first-order valence-corrected chi connectivity index (χ1v) is 14.4. The molecule has 1 unspecified atom stereocenters. The molecular formula is C31H45NO7. The first-order chi connectivity index (χ1) is 18.5. The number of nitrogens with one attached hydrogen (secondary N) is 1. The molecule has 2 fully saturated rings. The largest absolute Gasteiger partial charge is 0.466 e. The highest BCUT2D eigenvalue weighted by atomic mass is 16.6. The molecule has 0 aromatic heterocycles. The van der Waals surface area contributed by atoms with Crippen LogP contribution in [0.4, 0.5) is 0 Å². The summed E-state index contributed by atoms with van der Waals surface area (Å²) >= 11 is 0.